The van der Waals surface area contributed by atoms with Crippen molar-refractivity contribution in [2.45, 2.75) is 26.3 Å². The van der Waals surface area contributed by atoms with Crippen molar-refractivity contribution in [1.29, 1.82) is 0 Å². The van der Waals surface area contributed by atoms with Crippen LogP contribution in [0.2, 0.25) is 5.28 Å². The summed E-state index contributed by atoms with van der Waals surface area (Å²) >= 11 is 5.92. The molecule has 1 aliphatic rings. The zero-order valence-corrected chi connectivity index (χ0v) is 12.5. The van der Waals surface area contributed by atoms with Crippen LogP contribution in [0, 0.1) is 5.92 Å². The summed E-state index contributed by atoms with van der Waals surface area (Å²) in [5.74, 6) is 1.38. The quantitative estimate of drug-likeness (QED) is 0.846. The molecule has 1 fully saturated rings. The first-order valence-corrected chi connectivity index (χ1v) is 7.36. The molecule has 2 aromatic heterocycles. The van der Waals surface area contributed by atoms with Crippen LogP contribution in [-0.4, -0.2) is 50.5 Å². The number of halogens is 1. The van der Waals surface area contributed by atoms with Crippen LogP contribution >= 0.6 is 11.6 Å². The minimum Gasteiger partial charge on any atom is -0.368 e. The number of hydrogen-bond acceptors (Lipinski definition) is 5. The molecule has 3 heterocycles. The summed E-state index contributed by atoms with van der Waals surface area (Å²) < 4.78 is 0. The van der Waals surface area contributed by atoms with E-state index in [1.54, 1.807) is 6.33 Å². The molecule has 0 saturated carbocycles. The Labute approximate surface area is 123 Å². The van der Waals surface area contributed by atoms with Crippen molar-refractivity contribution in [1.82, 2.24) is 24.8 Å². The van der Waals surface area contributed by atoms with Crippen molar-refractivity contribution in [3.05, 3.63) is 11.6 Å². The molecule has 2 N–H and O–H groups in total. The van der Waals surface area contributed by atoms with Crippen LogP contribution in [0.1, 0.15) is 20.3 Å². The number of nitrogens with zero attached hydrogens (tertiary/aromatic N) is 4. The Morgan fingerprint density at radius 2 is 2.35 bits per heavy atom. The first-order valence-electron chi connectivity index (χ1n) is 6.98. The van der Waals surface area contributed by atoms with Gasteiger partial charge in [-0.1, -0.05) is 0 Å². The maximum Gasteiger partial charge on any atom is 0.226 e. The molecular weight excluding hydrogens is 276 g/mol. The third-order valence-electron chi connectivity index (χ3n) is 3.86. The Hall–Kier alpha value is -1.40. The largest absolute Gasteiger partial charge is 0.368 e. The molecule has 3 rings (SSSR count). The van der Waals surface area contributed by atoms with Crippen molar-refractivity contribution in [3.8, 4) is 0 Å². The number of likely N-dealkylation sites (tertiary alicyclic amines) is 1. The van der Waals surface area contributed by atoms with Gasteiger partial charge in [0.15, 0.2) is 11.5 Å². The molecule has 0 amide bonds. The first-order chi connectivity index (χ1) is 9.63. The van der Waals surface area contributed by atoms with E-state index in [0.717, 1.165) is 24.4 Å². The van der Waals surface area contributed by atoms with E-state index in [1.165, 1.54) is 13.0 Å². The molecule has 6 nitrogen and oxygen atoms in total. The number of hydrogen-bond donors (Lipinski definition) is 2. The van der Waals surface area contributed by atoms with E-state index in [0.29, 0.717) is 17.6 Å². The monoisotopic (exact) mass is 294 g/mol. The summed E-state index contributed by atoms with van der Waals surface area (Å²) in [7, 11) is 0. The normalized spacial score (nSPS) is 20.1. The molecule has 0 aliphatic carbocycles. The average molecular weight is 295 g/mol. The van der Waals surface area contributed by atoms with Crippen LogP contribution in [-0.2, 0) is 0 Å². The molecule has 0 aromatic carbocycles. The molecule has 1 saturated heterocycles. The fourth-order valence-corrected chi connectivity index (χ4v) is 2.84. The fraction of sp³-hybridized carbons (Fsp3) is 0.615. The van der Waals surface area contributed by atoms with E-state index < -0.39 is 0 Å². The van der Waals surface area contributed by atoms with Crippen LogP contribution in [0.25, 0.3) is 11.2 Å². The molecule has 1 atom stereocenters. The third-order valence-corrected chi connectivity index (χ3v) is 4.03. The number of H-pyrrole nitrogens is 1. The van der Waals surface area contributed by atoms with Gasteiger partial charge in [-0.25, -0.2) is 4.98 Å². The van der Waals surface area contributed by atoms with Gasteiger partial charge in [0.05, 0.1) is 6.33 Å². The van der Waals surface area contributed by atoms with Gasteiger partial charge in [-0.3, -0.25) is 0 Å². The highest BCUT2D eigenvalue weighted by molar-refractivity contribution is 6.28. The third kappa shape index (κ3) is 2.71. The highest BCUT2D eigenvalue weighted by atomic mass is 35.5. The maximum absolute atomic E-state index is 5.92. The minimum absolute atomic E-state index is 0.224. The Morgan fingerprint density at radius 1 is 1.50 bits per heavy atom. The second-order valence-electron chi connectivity index (χ2n) is 5.57. The standard InChI is InChI=1S/C13H19ClN6/c1-8(2)20-4-3-9(6-20)5-15-11-10-12(17-7-16-10)19-13(14)18-11/h7-9H,3-6H2,1-2H3,(H2,15,16,17,18,19). The Kier molecular flexibility index (Phi) is 3.76. The van der Waals surface area contributed by atoms with Crippen LogP contribution in [0.5, 0.6) is 0 Å². The zero-order valence-electron chi connectivity index (χ0n) is 11.7. The van der Waals surface area contributed by atoms with Crippen molar-refractivity contribution in [2.75, 3.05) is 25.0 Å². The van der Waals surface area contributed by atoms with Gasteiger partial charge in [0.2, 0.25) is 5.28 Å². The van der Waals surface area contributed by atoms with E-state index in [-0.39, 0.29) is 5.28 Å². The Bertz CT molecular complexity index is 596. The maximum atomic E-state index is 5.92. The number of imidazole rings is 1. The topological polar surface area (TPSA) is 69.7 Å². The lowest BCUT2D eigenvalue weighted by Crippen LogP contribution is -2.29. The van der Waals surface area contributed by atoms with Crippen LogP contribution in [0.4, 0.5) is 5.82 Å². The van der Waals surface area contributed by atoms with E-state index in [1.807, 2.05) is 0 Å². The number of anilines is 1. The molecule has 108 valence electrons. The van der Waals surface area contributed by atoms with Crippen molar-refractivity contribution < 1.29 is 0 Å². The van der Waals surface area contributed by atoms with Crippen molar-refractivity contribution >= 4 is 28.6 Å². The summed E-state index contributed by atoms with van der Waals surface area (Å²) in [6.07, 6.45) is 2.83. The summed E-state index contributed by atoms with van der Waals surface area (Å²) in [5, 5.41) is 3.61. The molecule has 1 unspecified atom stereocenters. The lowest BCUT2D eigenvalue weighted by molar-refractivity contribution is 0.266. The second kappa shape index (κ2) is 5.54. The number of fused-ring (bicyclic) bond motifs is 1. The van der Waals surface area contributed by atoms with Gasteiger partial charge in [0.25, 0.3) is 0 Å². The van der Waals surface area contributed by atoms with Gasteiger partial charge in [-0.2, -0.15) is 9.97 Å². The second-order valence-corrected chi connectivity index (χ2v) is 5.90. The summed E-state index contributed by atoms with van der Waals surface area (Å²) in [6, 6.07) is 0.618. The molecule has 1 aliphatic heterocycles. The molecule has 0 bridgehead atoms. The highest BCUT2D eigenvalue weighted by Crippen LogP contribution is 2.22. The zero-order chi connectivity index (χ0) is 14.1. The summed E-state index contributed by atoms with van der Waals surface area (Å²) in [6.45, 7) is 7.69. The van der Waals surface area contributed by atoms with E-state index in [4.69, 9.17) is 11.6 Å². The Balaban J connectivity index is 1.67. The molecule has 0 spiro atoms. The number of aromatic amines is 1. The van der Waals surface area contributed by atoms with Crippen LogP contribution in [0.15, 0.2) is 6.33 Å². The van der Waals surface area contributed by atoms with Gasteiger partial charge in [-0.05, 0) is 44.3 Å². The fourth-order valence-electron chi connectivity index (χ4n) is 2.67. The highest BCUT2D eigenvalue weighted by Gasteiger charge is 2.24. The predicted molar refractivity (Wildman–Crippen MR) is 80.0 cm³/mol. The van der Waals surface area contributed by atoms with Crippen LogP contribution in [0.3, 0.4) is 0 Å². The van der Waals surface area contributed by atoms with Gasteiger partial charge in [0.1, 0.15) is 5.52 Å². The molecule has 0 radical (unpaired) electrons. The van der Waals surface area contributed by atoms with Crippen LogP contribution < -0.4 is 5.32 Å². The number of aromatic nitrogens is 4. The average Bonchev–Trinajstić information content (AvgIpc) is 3.04. The summed E-state index contributed by atoms with van der Waals surface area (Å²) in [4.78, 5) is 18.0. The van der Waals surface area contributed by atoms with E-state index in [2.05, 4.69) is 44.0 Å². The lowest BCUT2D eigenvalue weighted by atomic mass is 10.1. The van der Waals surface area contributed by atoms with Gasteiger partial charge in [0, 0.05) is 19.1 Å². The van der Waals surface area contributed by atoms with Gasteiger partial charge in [-0.15, -0.1) is 0 Å². The van der Waals surface area contributed by atoms with Gasteiger partial charge < -0.3 is 15.2 Å². The predicted octanol–water partition coefficient (Wildman–Crippen LogP) is 2.15. The Morgan fingerprint density at radius 3 is 3.10 bits per heavy atom. The number of rotatable bonds is 4. The van der Waals surface area contributed by atoms with Gasteiger partial charge >= 0.3 is 0 Å². The smallest absolute Gasteiger partial charge is 0.226 e. The number of nitrogens with one attached hydrogen (secondary N) is 2. The van der Waals surface area contributed by atoms with Crippen molar-refractivity contribution in [2.24, 2.45) is 5.92 Å². The molecule has 2 aromatic rings. The van der Waals surface area contributed by atoms with E-state index in [9.17, 15) is 0 Å². The minimum atomic E-state index is 0.224. The molecule has 7 heteroatoms. The molecular formula is C13H19ClN6. The summed E-state index contributed by atoms with van der Waals surface area (Å²) in [5.41, 5.74) is 1.41. The first kappa shape index (κ1) is 13.6. The SMILES string of the molecule is CC(C)N1CCC(CNc2nc(Cl)nc3nc[nH]c23)C1. The van der Waals surface area contributed by atoms with E-state index >= 15 is 0 Å². The molecule has 20 heavy (non-hydrogen) atoms. The lowest BCUT2D eigenvalue weighted by Gasteiger charge is -2.20. The van der Waals surface area contributed by atoms with Crippen molar-refractivity contribution in [3.63, 3.8) is 0 Å².